The smallest absolute Gasteiger partial charge is 0.119 e. The van der Waals surface area contributed by atoms with Gasteiger partial charge in [-0.15, -0.1) is 0 Å². The molecular formula is C14H18IO. The van der Waals surface area contributed by atoms with Gasteiger partial charge in [-0.3, -0.25) is 0 Å². The summed E-state index contributed by atoms with van der Waals surface area (Å²) in [6.07, 6.45) is 6.34. The number of hydrogen-bond donors (Lipinski definition) is 0. The molecule has 0 saturated heterocycles. The fourth-order valence-electron chi connectivity index (χ4n) is 2.44. The lowest BCUT2D eigenvalue weighted by Gasteiger charge is -2.28. The van der Waals surface area contributed by atoms with E-state index in [2.05, 4.69) is 47.2 Å². The van der Waals surface area contributed by atoms with Crippen molar-refractivity contribution in [3.05, 3.63) is 36.2 Å². The van der Waals surface area contributed by atoms with Crippen molar-refractivity contribution in [1.82, 2.24) is 0 Å². The molecule has 0 spiro atoms. The number of benzene rings is 1. The zero-order valence-corrected chi connectivity index (χ0v) is 11.8. The van der Waals surface area contributed by atoms with Crippen molar-refractivity contribution in [2.75, 3.05) is 11.5 Å². The molecule has 0 aromatic heterocycles. The third-order valence-corrected chi connectivity index (χ3v) is 4.50. The van der Waals surface area contributed by atoms with Crippen LogP contribution in [0.5, 0.6) is 5.75 Å². The Morgan fingerprint density at radius 2 is 2.31 bits per heavy atom. The Morgan fingerprint density at radius 3 is 3.06 bits per heavy atom. The fourth-order valence-corrected chi connectivity index (χ4v) is 3.16. The monoisotopic (exact) mass is 329 g/mol. The summed E-state index contributed by atoms with van der Waals surface area (Å²) < 4.78 is 6.54. The van der Waals surface area contributed by atoms with Gasteiger partial charge in [-0.05, 0) is 55.2 Å². The number of methoxy groups -OCH3 is 1. The summed E-state index contributed by atoms with van der Waals surface area (Å²) >= 11 is 2.49. The highest BCUT2D eigenvalue weighted by molar-refractivity contribution is 14.1. The molecule has 2 heteroatoms. The van der Waals surface area contributed by atoms with Crippen LogP contribution in [0.15, 0.2) is 24.3 Å². The number of ether oxygens (including phenoxy) is 1. The van der Waals surface area contributed by atoms with Gasteiger partial charge in [-0.2, -0.15) is 0 Å². The van der Waals surface area contributed by atoms with Crippen molar-refractivity contribution in [3.8, 4) is 5.75 Å². The van der Waals surface area contributed by atoms with Crippen LogP contribution in [0.2, 0.25) is 0 Å². The third kappa shape index (κ3) is 2.90. The van der Waals surface area contributed by atoms with Crippen molar-refractivity contribution < 1.29 is 4.74 Å². The first kappa shape index (κ1) is 12.2. The molecule has 1 aliphatic rings. The van der Waals surface area contributed by atoms with Gasteiger partial charge in [0.25, 0.3) is 0 Å². The van der Waals surface area contributed by atoms with E-state index < -0.39 is 0 Å². The first-order valence-electron chi connectivity index (χ1n) is 5.86. The summed E-state index contributed by atoms with van der Waals surface area (Å²) in [7, 11) is 1.74. The van der Waals surface area contributed by atoms with E-state index in [0.29, 0.717) is 0 Å². The molecule has 1 saturated carbocycles. The highest BCUT2D eigenvalue weighted by atomic mass is 127. The minimum absolute atomic E-state index is 0.722. The molecule has 1 nitrogen and oxygen atoms in total. The van der Waals surface area contributed by atoms with Crippen molar-refractivity contribution in [2.24, 2.45) is 5.92 Å². The molecule has 0 heterocycles. The van der Waals surface area contributed by atoms with Gasteiger partial charge in [0.05, 0.1) is 7.11 Å². The Kier molecular flexibility index (Phi) is 4.50. The van der Waals surface area contributed by atoms with Crippen LogP contribution in [0.4, 0.5) is 0 Å². The van der Waals surface area contributed by atoms with Gasteiger partial charge in [0.2, 0.25) is 0 Å². The number of alkyl halides is 1. The summed E-state index contributed by atoms with van der Waals surface area (Å²) in [5.41, 5.74) is 1.45. The van der Waals surface area contributed by atoms with E-state index in [4.69, 9.17) is 4.74 Å². The average molecular weight is 329 g/mol. The number of hydrogen-bond acceptors (Lipinski definition) is 1. The highest BCUT2D eigenvalue weighted by Crippen LogP contribution is 2.37. The molecule has 1 aromatic carbocycles. The Labute approximate surface area is 112 Å². The van der Waals surface area contributed by atoms with Crippen LogP contribution in [0.1, 0.15) is 30.7 Å². The second-order valence-corrected chi connectivity index (χ2v) is 5.32. The van der Waals surface area contributed by atoms with Gasteiger partial charge in [0, 0.05) is 4.43 Å². The Morgan fingerprint density at radius 1 is 1.44 bits per heavy atom. The highest BCUT2D eigenvalue weighted by Gasteiger charge is 2.22. The van der Waals surface area contributed by atoms with Crippen LogP contribution < -0.4 is 4.74 Å². The maximum Gasteiger partial charge on any atom is 0.119 e. The maximum atomic E-state index is 5.29. The molecule has 16 heavy (non-hydrogen) atoms. The Bertz CT molecular complexity index is 337. The normalized spacial score (nSPS) is 25.4. The quantitative estimate of drug-likeness (QED) is 0.596. The standard InChI is InChI=1S/C14H18IO/c1-16-14-7-3-6-13(9-14)12-5-2-4-11(8-12)10-15/h3-4,6-7,9,11-12H,2,5,8,10H2,1H3. The van der Waals surface area contributed by atoms with Gasteiger partial charge < -0.3 is 4.74 Å². The first-order chi connectivity index (χ1) is 7.83. The molecule has 1 aromatic rings. The van der Waals surface area contributed by atoms with Crippen LogP contribution >= 0.6 is 22.6 Å². The predicted molar refractivity (Wildman–Crippen MR) is 76.3 cm³/mol. The van der Waals surface area contributed by atoms with E-state index in [0.717, 1.165) is 17.6 Å². The van der Waals surface area contributed by atoms with Crippen LogP contribution in [-0.4, -0.2) is 11.5 Å². The zero-order chi connectivity index (χ0) is 11.4. The van der Waals surface area contributed by atoms with Crippen LogP contribution in [0.25, 0.3) is 0 Å². The van der Waals surface area contributed by atoms with Crippen molar-refractivity contribution >= 4 is 22.6 Å². The first-order valence-corrected chi connectivity index (χ1v) is 7.39. The summed E-state index contributed by atoms with van der Waals surface area (Å²) in [6.45, 7) is 0. The maximum absolute atomic E-state index is 5.29. The van der Waals surface area contributed by atoms with Gasteiger partial charge in [-0.1, -0.05) is 34.7 Å². The van der Waals surface area contributed by atoms with E-state index in [9.17, 15) is 0 Å². The fraction of sp³-hybridized carbons (Fsp3) is 0.500. The molecule has 0 bridgehead atoms. The van der Waals surface area contributed by atoms with Gasteiger partial charge in [-0.25, -0.2) is 0 Å². The molecule has 0 aliphatic heterocycles. The molecule has 2 unspecified atom stereocenters. The molecule has 1 radical (unpaired) electrons. The minimum atomic E-state index is 0.722. The van der Waals surface area contributed by atoms with Crippen LogP contribution in [-0.2, 0) is 0 Å². The average Bonchev–Trinajstić information content (AvgIpc) is 2.39. The Hall–Kier alpha value is -0.250. The summed E-state index contributed by atoms with van der Waals surface area (Å²) in [6, 6.07) is 8.56. The predicted octanol–water partition coefficient (Wildman–Crippen LogP) is 4.22. The lowest BCUT2D eigenvalue weighted by atomic mass is 9.79. The van der Waals surface area contributed by atoms with Crippen LogP contribution in [0, 0.1) is 12.3 Å². The summed E-state index contributed by atoms with van der Waals surface area (Å²) in [4.78, 5) is 0. The zero-order valence-electron chi connectivity index (χ0n) is 9.66. The van der Waals surface area contributed by atoms with E-state index in [1.54, 1.807) is 7.11 Å². The number of rotatable bonds is 3. The second-order valence-electron chi connectivity index (χ2n) is 4.44. The molecule has 2 atom stereocenters. The Balaban J connectivity index is 2.10. The SMILES string of the molecule is COc1cccc(C2CC[CH]C(CI)C2)c1. The van der Waals surface area contributed by atoms with Gasteiger partial charge in [0.15, 0.2) is 0 Å². The van der Waals surface area contributed by atoms with E-state index in [1.165, 1.54) is 29.3 Å². The van der Waals surface area contributed by atoms with Gasteiger partial charge in [0.1, 0.15) is 5.75 Å². The van der Waals surface area contributed by atoms with E-state index in [-0.39, 0.29) is 0 Å². The summed E-state index contributed by atoms with van der Waals surface area (Å²) in [5.74, 6) is 2.50. The molecule has 87 valence electrons. The minimum Gasteiger partial charge on any atom is -0.497 e. The van der Waals surface area contributed by atoms with E-state index in [1.807, 2.05) is 6.07 Å². The molecule has 0 amide bonds. The largest absolute Gasteiger partial charge is 0.497 e. The van der Waals surface area contributed by atoms with Crippen LogP contribution in [0.3, 0.4) is 0 Å². The molecule has 2 rings (SSSR count). The lowest BCUT2D eigenvalue weighted by molar-refractivity contribution is 0.407. The molecule has 1 aliphatic carbocycles. The van der Waals surface area contributed by atoms with Gasteiger partial charge >= 0.3 is 0 Å². The van der Waals surface area contributed by atoms with Crippen molar-refractivity contribution in [1.29, 1.82) is 0 Å². The van der Waals surface area contributed by atoms with Crippen molar-refractivity contribution in [3.63, 3.8) is 0 Å². The molecule has 1 fully saturated rings. The third-order valence-electron chi connectivity index (χ3n) is 3.37. The topological polar surface area (TPSA) is 9.23 Å². The van der Waals surface area contributed by atoms with Crippen molar-refractivity contribution in [2.45, 2.75) is 25.2 Å². The molecular weight excluding hydrogens is 311 g/mol. The number of halogens is 1. The summed E-state index contributed by atoms with van der Waals surface area (Å²) in [5, 5.41) is 0. The second kappa shape index (κ2) is 5.89. The van der Waals surface area contributed by atoms with E-state index >= 15 is 0 Å². The molecule has 0 N–H and O–H groups in total. The lowest BCUT2D eigenvalue weighted by Crippen LogP contribution is -2.15.